The molecule has 9 rings (SSSR count). The first kappa shape index (κ1) is 23.1. The summed E-state index contributed by atoms with van der Waals surface area (Å²) < 4.78 is 2.44. The minimum absolute atomic E-state index is 1.13. The van der Waals surface area contributed by atoms with Crippen molar-refractivity contribution >= 4 is 65.9 Å². The molecule has 0 radical (unpaired) electrons. The van der Waals surface area contributed by atoms with Gasteiger partial charge in [-0.05, 0) is 58.8 Å². The molecule has 0 unspecified atom stereocenters. The Morgan fingerprint density at radius 3 is 1.62 bits per heavy atom. The van der Waals surface area contributed by atoms with E-state index in [1.54, 1.807) is 0 Å². The van der Waals surface area contributed by atoms with Crippen LogP contribution in [-0.4, -0.2) is 4.40 Å². The quantitative estimate of drug-likeness (QED) is 0.218. The van der Waals surface area contributed by atoms with Crippen LogP contribution in [0.2, 0.25) is 0 Å². The summed E-state index contributed by atoms with van der Waals surface area (Å²) >= 11 is 0. The number of nitrogens with zero attached hydrogens (tertiary/aromatic N) is 2. The van der Waals surface area contributed by atoms with E-state index in [4.69, 9.17) is 0 Å². The van der Waals surface area contributed by atoms with Gasteiger partial charge >= 0.3 is 0 Å². The highest BCUT2D eigenvalue weighted by molar-refractivity contribution is 6.24. The molecule has 0 amide bonds. The van der Waals surface area contributed by atoms with Crippen LogP contribution in [-0.2, 0) is 0 Å². The average molecular weight is 535 g/mol. The molecular weight excluding hydrogens is 508 g/mol. The van der Waals surface area contributed by atoms with Crippen molar-refractivity contribution in [1.82, 2.24) is 4.40 Å². The van der Waals surface area contributed by atoms with Crippen LogP contribution in [0.25, 0.3) is 60.0 Å². The Bertz CT molecular complexity index is 2320. The Balaban J connectivity index is 1.43. The molecule has 0 aliphatic carbocycles. The summed E-state index contributed by atoms with van der Waals surface area (Å²) in [7, 11) is 0. The Hall–Kier alpha value is -5.60. The van der Waals surface area contributed by atoms with Gasteiger partial charge in [-0.2, -0.15) is 0 Å². The molecular formula is C40H26N2. The van der Waals surface area contributed by atoms with Crippen molar-refractivity contribution in [3.63, 3.8) is 0 Å². The van der Waals surface area contributed by atoms with Crippen LogP contribution in [0.15, 0.2) is 158 Å². The fourth-order valence-corrected chi connectivity index (χ4v) is 6.92. The van der Waals surface area contributed by atoms with E-state index in [1.807, 2.05) is 0 Å². The Labute approximate surface area is 243 Å². The lowest BCUT2D eigenvalue weighted by Gasteiger charge is -2.29. The van der Waals surface area contributed by atoms with Crippen LogP contribution in [0, 0.1) is 0 Å². The number of benzene rings is 7. The number of para-hydroxylation sites is 3. The summed E-state index contributed by atoms with van der Waals surface area (Å²) in [6.07, 6.45) is 0. The van der Waals surface area contributed by atoms with E-state index in [1.165, 1.54) is 60.0 Å². The van der Waals surface area contributed by atoms with Crippen molar-refractivity contribution < 1.29 is 0 Å². The second-order valence-corrected chi connectivity index (χ2v) is 11.0. The summed E-state index contributed by atoms with van der Waals surface area (Å²) in [6.45, 7) is 0. The topological polar surface area (TPSA) is 7.65 Å². The Morgan fingerprint density at radius 2 is 0.952 bits per heavy atom. The zero-order valence-electron chi connectivity index (χ0n) is 22.9. The minimum Gasteiger partial charge on any atom is -0.310 e. The number of aromatic nitrogens is 1. The minimum atomic E-state index is 1.13. The van der Waals surface area contributed by atoms with Crippen LogP contribution in [0.3, 0.4) is 0 Å². The van der Waals surface area contributed by atoms with Gasteiger partial charge in [0.2, 0.25) is 0 Å². The maximum Gasteiger partial charge on any atom is 0.0622 e. The zero-order chi connectivity index (χ0) is 27.6. The number of hydrogen-bond donors (Lipinski definition) is 0. The lowest BCUT2D eigenvalue weighted by molar-refractivity contribution is 1.30. The van der Waals surface area contributed by atoms with Crippen LogP contribution >= 0.6 is 0 Å². The van der Waals surface area contributed by atoms with Gasteiger partial charge in [0.25, 0.3) is 0 Å². The highest BCUT2D eigenvalue weighted by Gasteiger charge is 2.23. The summed E-state index contributed by atoms with van der Waals surface area (Å²) in [5, 5.41) is 7.59. The molecule has 0 N–H and O–H groups in total. The van der Waals surface area contributed by atoms with Crippen LogP contribution in [0.1, 0.15) is 0 Å². The number of anilines is 3. The monoisotopic (exact) mass is 534 g/mol. The number of fused-ring (bicyclic) bond motifs is 7. The van der Waals surface area contributed by atoms with E-state index >= 15 is 0 Å². The van der Waals surface area contributed by atoms with Crippen LogP contribution in [0.5, 0.6) is 0 Å². The fraction of sp³-hybridized carbons (Fsp3) is 0. The molecule has 0 atom stereocenters. The summed E-state index contributed by atoms with van der Waals surface area (Å²) in [5.74, 6) is 0. The van der Waals surface area contributed by atoms with Crippen molar-refractivity contribution in [2.24, 2.45) is 0 Å². The smallest absolute Gasteiger partial charge is 0.0622 e. The Morgan fingerprint density at radius 1 is 0.405 bits per heavy atom. The molecule has 0 saturated carbocycles. The van der Waals surface area contributed by atoms with Crippen LogP contribution in [0.4, 0.5) is 17.1 Å². The molecule has 196 valence electrons. The summed E-state index contributed by atoms with van der Waals surface area (Å²) in [5.41, 5.74) is 9.66. The molecule has 0 saturated heterocycles. The van der Waals surface area contributed by atoms with Gasteiger partial charge < -0.3 is 9.30 Å². The molecule has 9 aromatic rings. The summed E-state index contributed by atoms with van der Waals surface area (Å²) in [6, 6.07) is 57.2. The zero-order valence-corrected chi connectivity index (χ0v) is 22.9. The fourth-order valence-electron chi connectivity index (χ4n) is 6.92. The predicted octanol–water partition coefficient (Wildman–Crippen LogP) is 11.1. The molecule has 0 bridgehead atoms. The van der Waals surface area contributed by atoms with Crippen molar-refractivity contribution in [2.75, 3.05) is 4.90 Å². The highest BCUT2D eigenvalue weighted by atomic mass is 15.1. The molecule has 2 nitrogen and oxygen atoms in total. The van der Waals surface area contributed by atoms with Crippen molar-refractivity contribution in [3.8, 4) is 11.1 Å². The van der Waals surface area contributed by atoms with E-state index in [0.717, 1.165) is 17.1 Å². The third-order valence-corrected chi connectivity index (χ3v) is 8.67. The lowest BCUT2D eigenvalue weighted by atomic mass is 9.95. The molecule has 2 heteroatoms. The third kappa shape index (κ3) is 3.27. The number of hydrogen-bond acceptors (Lipinski definition) is 1. The van der Waals surface area contributed by atoms with E-state index in [0.29, 0.717) is 0 Å². The largest absolute Gasteiger partial charge is 0.310 e. The SMILES string of the molecule is c1ccc(-c2c(N(c3ccccc3)c3cc4c5ccccc5n5c6ccccc6c(c3)c45)ccc3ccccc23)cc1. The third-order valence-electron chi connectivity index (χ3n) is 8.67. The second-order valence-electron chi connectivity index (χ2n) is 11.0. The van der Waals surface area contributed by atoms with Gasteiger partial charge in [0.15, 0.2) is 0 Å². The van der Waals surface area contributed by atoms with E-state index < -0.39 is 0 Å². The molecule has 2 aromatic heterocycles. The molecule has 0 spiro atoms. The highest BCUT2D eigenvalue weighted by Crippen LogP contribution is 2.47. The first-order chi connectivity index (χ1) is 20.9. The Kier molecular flexibility index (Phi) is 4.93. The van der Waals surface area contributed by atoms with Gasteiger partial charge in [-0.1, -0.05) is 115 Å². The molecule has 0 fully saturated rings. The van der Waals surface area contributed by atoms with Gasteiger partial charge in [-0.3, -0.25) is 0 Å². The van der Waals surface area contributed by atoms with Gasteiger partial charge in [0, 0.05) is 38.5 Å². The maximum atomic E-state index is 2.44. The summed E-state index contributed by atoms with van der Waals surface area (Å²) in [4.78, 5) is 2.44. The van der Waals surface area contributed by atoms with Crippen molar-refractivity contribution in [1.29, 1.82) is 0 Å². The normalized spacial score (nSPS) is 11.8. The first-order valence-corrected chi connectivity index (χ1v) is 14.5. The van der Waals surface area contributed by atoms with Crippen molar-refractivity contribution in [3.05, 3.63) is 158 Å². The van der Waals surface area contributed by atoms with E-state index in [2.05, 4.69) is 167 Å². The van der Waals surface area contributed by atoms with Gasteiger partial charge in [-0.15, -0.1) is 0 Å². The standard InChI is InChI=1S/C40H26N2/c1-3-14-28(15-4-1)39-31-18-8-7-13-27(31)23-24-38(39)41(29-16-5-2-6-17-29)30-25-34-32-19-9-11-21-36(32)42-37-22-12-10-20-33(37)35(26-30)40(34)42/h1-26H. The van der Waals surface area contributed by atoms with E-state index in [9.17, 15) is 0 Å². The second kappa shape index (κ2) is 8.95. The molecule has 7 aromatic carbocycles. The molecule has 0 aliphatic heterocycles. The molecule has 2 heterocycles. The number of rotatable bonds is 4. The van der Waals surface area contributed by atoms with Gasteiger partial charge in [0.1, 0.15) is 0 Å². The predicted molar refractivity (Wildman–Crippen MR) is 179 cm³/mol. The van der Waals surface area contributed by atoms with E-state index in [-0.39, 0.29) is 0 Å². The van der Waals surface area contributed by atoms with Gasteiger partial charge in [0.05, 0.1) is 22.2 Å². The maximum absolute atomic E-state index is 2.44. The molecule has 42 heavy (non-hydrogen) atoms. The first-order valence-electron chi connectivity index (χ1n) is 14.5. The molecule has 0 aliphatic rings. The van der Waals surface area contributed by atoms with Crippen molar-refractivity contribution in [2.45, 2.75) is 0 Å². The van der Waals surface area contributed by atoms with Crippen LogP contribution < -0.4 is 4.90 Å². The van der Waals surface area contributed by atoms with Gasteiger partial charge in [-0.25, -0.2) is 0 Å². The average Bonchev–Trinajstić information content (AvgIpc) is 3.57. The lowest BCUT2D eigenvalue weighted by Crippen LogP contribution is -2.11.